The highest BCUT2D eigenvalue weighted by Crippen LogP contribution is 2.27. The van der Waals surface area contributed by atoms with Crippen molar-refractivity contribution in [2.24, 2.45) is 0 Å². The summed E-state index contributed by atoms with van der Waals surface area (Å²) >= 11 is 0. The molecule has 1 fully saturated rings. The Morgan fingerprint density at radius 1 is 1.26 bits per heavy atom. The van der Waals surface area contributed by atoms with E-state index in [-0.39, 0.29) is 5.97 Å². The highest BCUT2D eigenvalue weighted by atomic mass is 28.4. The Bertz CT molecular complexity index is 302. The fourth-order valence-corrected chi connectivity index (χ4v) is 8.03. The van der Waals surface area contributed by atoms with Gasteiger partial charge < -0.3 is 8.85 Å². The number of hydrogen-bond acceptors (Lipinski definition) is 4. The molecule has 0 radical (unpaired) electrons. The van der Waals surface area contributed by atoms with E-state index >= 15 is 0 Å². The maximum absolute atomic E-state index is 12.2. The first kappa shape index (κ1) is 16.9. The van der Waals surface area contributed by atoms with Gasteiger partial charge in [-0.3, -0.25) is 9.36 Å². The zero-order valence-corrected chi connectivity index (χ0v) is 15.1. The van der Waals surface area contributed by atoms with Gasteiger partial charge in [-0.2, -0.15) is 0 Å². The summed E-state index contributed by atoms with van der Waals surface area (Å²) in [6, 6.07) is 4.18. The lowest BCUT2D eigenvalue weighted by atomic mass is 10.5. The fourth-order valence-electron chi connectivity index (χ4n) is 2.87. The van der Waals surface area contributed by atoms with E-state index in [9.17, 15) is 4.79 Å². The molecule has 0 spiro atoms. The maximum atomic E-state index is 12.2. The lowest BCUT2D eigenvalue weighted by molar-refractivity contribution is -0.135. The predicted octanol–water partition coefficient (Wildman–Crippen LogP) is 2.96. The second-order valence-electron chi connectivity index (χ2n) is 5.62. The minimum absolute atomic E-state index is 0.0325. The normalized spacial score (nSPS) is 24.7. The summed E-state index contributed by atoms with van der Waals surface area (Å²) in [6.07, 6.45) is 1.14. The highest BCUT2D eigenvalue weighted by molar-refractivity contribution is 6.75. The average Bonchev–Trinajstić information content (AvgIpc) is 2.78. The smallest absolute Gasteiger partial charge is 0.306 e. The molecule has 0 saturated carbocycles. The number of nitrogens with zero attached hydrogens (tertiary/aromatic N) is 1. The minimum Gasteiger partial charge on any atom is -0.518 e. The van der Waals surface area contributed by atoms with Crippen LogP contribution in [0.1, 0.15) is 27.2 Å². The molecular formula is C13H29NO3Si2. The van der Waals surface area contributed by atoms with Crippen LogP contribution in [0.5, 0.6) is 0 Å². The van der Waals surface area contributed by atoms with Gasteiger partial charge in [0.05, 0.1) is 6.54 Å². The molecule has 19 heavy (non-hydrogen) atoms. The first-order valence-electron chi connectivity index (χ1n) is 7.47. The average molecular weight is 304 g/mol. The molecule has 0 bridgehead atoms. The molecule has 4 nitrogen and oxygen atoms in total. The summed E-state index contributed by atoms with van der Waals surface area (Å²) in [7, 11) is -1.84. The van der Waals surface area contributed by atoms with Crippen molar-refractivity contribution < 1.29 is 13.6 Å². The molecule has 0 amide bonds. The molecule has 112 valence electrons. The highest BCUT2D eigenvalue weighted by Gasteiger charge is 2.42. The van der Waals surface area contributed by atoms with Crippen molar-refractivity contribution in [1.82, 2.24) is 4.57 Å². The third kappa shape index (κ3) is 3.90. The molecule has 1 unspecified atom stereocenters. The molecule has 6 heteroatoms. The molecule has 0 aromatic rings. The Kier molecular flexibility index (Phi) is 6.23. The van der Waals surface area contributed by atoms with Crippen molar-refractivity contribution >= 4 is 22.8 Å². The van der Waals surface area contributed by atoms with E-state index in [4.69, 9.17) is 8.85 Å². The summed E-state index contributed by atoms with van der Waals surface area (Å²) in [5.41, 5.74) is 0. The fraction of sp³-hybridized carbons (Fsp3) is 0.923. The van der Waals surface area contributed by atoms with Crippen molar-refractivity contribution in [1.29, 1.82) is 0 Å². The van der Waals surface area contributed by atoms with Gasteiger partial charge in [-0.05, 0) is 43.7 Å². The summed E-state index contributed by atoms with van der Waals surface area (Å²) < 4.78 is 13.8. The molecule has 0 N–H and O–H groups in total. The van der Waals surface area contributed by atoms with E-state index in [0.29, 0.717) is 6.54 Å². The molecule has 1 heterocycles. The topological polar surface area (TPSA) is 38.8 Å². The molecule has 1 atom stereocenters. The summed E-state index contributed by atoms with van der Waals surface area (Å²) in [5, 5.41) is 0. The van der Waals surface area contributed by atoms with Gasteiger partial charge in [0.15, 0.2) is 0 Å². The number of carbonyl (C=O) groups excluding carboxylic acids is 1. The van der Waals surface area contributed by atoms with Crippen molar-refractivity contribution in [3.63, 3.8) is 0 Å². The number of carbonyl (C=O) groups is 1. The van der Waals surface area contributed by atoms with Crippen LogP contribution in [-0.4, -0.2) is 47.5 Å². The van der Waals surface area contributed by atoms with Gasteiger partial charge in [0.2, 0.25) is 0 Å². The van der Waals surface area contributed by atoms with Gasteiger partial charge in [-0.15, -0.1) is 0 Å². The Morgan fingerprint density at radius 3 is 2.32 bits per heavy atom. The third-order valence-electron chi connectivity index (χ3n) is 4.76. The molecular weight excluding hydrogens is 274 g/mol. The van der Waals surface area contributed by atoms with Crippen molar-refractivity contribution in [3.8, 4) is 0 Å². The Hall–Kier alpha value is -0.176. The van der Waals surface area contributed by atoms with E-state index in [2.05, 4.69) is 31.9 Å². The Morgan fingerprint density at radius 2 is 1.84 bits per heavy atom. The van der Waals surface area contributed by atoms with Crippen molar-refractivity contribution in [3.05, 3.63) is 0 Å². The van der Waals surface area contributed by atoms with E-state index in [1.165, 1.54) is 0 Å². The predicted molar refractivity (Wildman–Crippen MR) is 82.9 cm³/mol. The Balaban J connectivity index is 2.60. The van der Waals surface area contributed by atoms with Gasteiger partial charge in [0.1, 0.15) is 0 Å². The molecule has 1 aliphatic heterocycles. The van der Waals surface area contributed by atoms with Gasteiger partial charge in [-0.1, -0.05) is 20.8 Å². The molecule has 1 aliphatic rings. The molecule has 1 rings (SSSR count). The standard InChI is InChI=1S/C13H29NO3Si2/c1-6-19(7-2,8-3)17-13(15)12-14-10-9-11-18(14,5)16-4/h6-12H2,1-5H3. The van der Waals surface area contributed by atoms with Gasteiger partial charge >= 0.3 is 5.97 Å². The van der Waals surface area contributed by atoms with Crippen LogP contribution >= 0.6 is 0 Å². The maximum Gasteiger partial charge on any atom is 0.306 e. The van der Waals surface area contributed by atoms with Crippen LogP contribution in [-0.2, 0) is 13.6 Å². The van der Waals surface area contributed by atoms with Crippen molar-refractivity contribution in [2.45, 2.75) is 57.9 Å². The molecule has 0 aromatic heterocycles. The zero-order valence-electron chi connectivity index (χ0n) is 13.1. The van der Waals surface area contributed by atoms with E-state index in [0.717, 1.165) is 37.1 Å². The van der Waals surface area contributed by atoms with Crippen LogP contribution in [0, 0.1) is 0 Å². The lowest BCUT2D eigenvalue weighted by Gasteiger charge is -2.33. The number of rotatable bonds is 7. The molecule has 1 saturated heterocycles. The quantitative estimate of drug-likeness (QED) is 0.678. The van der Waals surface area contributed by atoms with Crippen LogP contribution < -0.4 is 0 Å². The summed E-state index contributed by atoms with van der Waals surface area (Å²) in [6.45, 7) is 10.0. The van der Waals surface area contributed by atoms with Crippen LogP contribution in [0.3, 0.4) is 0 Å². The minimum atomic E-state index is -1.81. The molecule has 0 aromatic carbocycles. The van der Waals surface area contributed by atoms with Crippen LogP contribution in [0.25, 0.3) is 0 Å². The first-order valence-corrected chi connectivity index (χ1v) is 12.6. The lowest BCUT2D eigenvalue weighted by Crippen LogP contribution is -2.51. The van der Waals surface area contributed by atoms with Gasteiger partial charge in [-0.25, -0.2) is 0 Å². The zero-order chi connectivity index (χ0) is 14.5. The van der Waals surface area contributed by atoms with Crippen LogP contribution in [0.4, 0.5) is 0 Å². The third-order valence-corrected chi connectivity index (χ3v) is 13.2. The SMILES string of the molecule is CC[Si](CC)(CC)OC(=O)CN1CCC[Si]1(C)OC. The summed E-state index contributed by atoms with van der Waals surface area (Å²) in [4.78, 5) is 12.2. The van der Waals surface area contributed by atoms with Gasteiger partial charge in [0, 0.05) is 7.11 Å². The summed E-state index contributed by atoms with van der Waals surface area (Å²) in [5.74, 6) is -0.0325. The molecule has 0 aliphatic carbocycles. The van der Waals surface area contributed by atoms with E-state index < -0.39 is 16.8 Å². The largest absolute Gasteiger partial charge is 0.518 e. The second-order valence-corrected chi connectivity index (χ2v) is 14.2. The van der Waals surface area contributed by atoms with E-state index in [1.807, 2.05) is 0 Å². The van der Waals surface area contributed by atoms with Crippen LogP contribution in [0.2, 0.25) is 30.7 Å². The van der Waals surface area contributed by atoms with Gasteiger partial charge in [0.25, 0.3) is 16.8 Å². The second kappa shape index (κ2) is 7.01. The monoisotopic (exact) mass is 303 g/mol. The number of hydrogen-bond donors (Lipinski definition) is 0. The van der Waals surface area contributed by atoms with E-state index in [1.54, 1.807) is 7.11 Å². The first-order chi connectivity index (χ1) is 8.95. The van der Waals surface area contributed by atoms with Crippen LogP contribution in [0.15, 0.2) is 0 Å². The Labute approximate surface area is 119 Å². The van der Waals surface area contributed by atoms with Crippen molar-refractivity contribution in [2.75, 3.05) is 20.2 Å².